The molecule has 0 aromatic heterocycles. The lowest BCUT2D eigenvalue weighted by atomic mass is 10.1. The van der Waals surface area contributed by atoms with E-state index in [1.807, 2.05) is 45.0 Å². The quantitative estimate of drug-likeness (QED) is 0.851. The molecule has 0 aliphatic rings. The van der Waals surface area contributed by atoms with Gasteiger partial charge in [0.2, 0.25) is 0 Å². The SMILES string of the molecule is Cc1cc(C)cc(NC(=O)c2ccc(C(=O)NCCN(C)C)cc2)c1. The van der Waals surface area contributed by atoms with E-state index in [1.54, 1.807) is 24.3 Å². The highest BCUT2D eigenvalue weighted by Crippen LogP contribution is 2.15. The third-order valence-corrected chi connectivity index (χ3v) is 3.73. The van der Waals surface area contributed by atoms with E-state index >= 15 is 0 Å². The summed E-state index contributed by atoms with van der Waals surface area (Å²) in [6, 6.07) is 12.6. The minimum absolute atomic E-state index is 0.136. The lowest BCUT2D eigenvalue weighted by Crippen LogP contribution is -2.31. The predicted octanol–water partition coefficient (Wildman–Crippen LogP) is 2.85. The molecule has 0 unspecified atom stereocenters. The van der Waals surface area contributed by atoms with Crippen LogP contribution in [0.5, 0.6) is 0 Å². The number of anilines is 1. The second-order valence-electron chi connectivity index (χ2n) is 6.47. The van der Waals surface area contributed by atoms with Gasteiger partial charge in [-0.1, -0.05) is 6.07 Å². The number of carbonyl (C=O) groups is 2. The lowest BCUT2D eigenvalue weighted by molar-refractivity contribution is 0.0949. The van der Waals surface area contributed by atoms with Crippen molar-refractivity contribution in [2.75, 3.05) is 32.5 Å². The third kappa shape index (κ3) is 5.72. The molecule has 0 bridgehead atoms. The van der Waals surface area contributed by atoms with Gasteiger partial charge in [-0.25, -0.2) is 0 Å². The summed E-state index contributed by atoms with van der Waals surface area (Å²) in [6.07, 6.45) is 0. The molecule has 0 aliphatic heterocycles. The van der Waals surface area contributed by atoms with Crippen molar-refractivity contribution in [3.05, 3.63) is 64.7 Å². The molecule has 0 aliphatic carbocycles. The Labute approximate surface area is 149 Å². The number of hydrogen-bond acceptors (Lipinski definition) is 3. The largest absolute Gasteiger partial charge is 0.351 e. The van der Waals surface area contributed by atoms with Gasteiger partial charge in [0.15, 0.2) is 0 Å². The number of likely N-dealkylation sites (N-methyl/N-ethyl adjacent to an activating group) is 1. The van der Waals surface area contributed by atoms with Gasteiger partial charge < -0.3 is 15.5 Å². The monoisotopic (exact) mass is 339 g/mol. The number of nitrogens with one attached hydrogen (secondary N) is 2. The van der Waals surface area contributed by atoms with E-state index in [2.05, 4.69) is 16.7 Å². The molecule has 0 saturated heterocycles. The zero-order valence-corrected chi connectivity index (χ0v) is 15.2. The van der Waals surface area contributed by atoms with E-state index < -0.39 is 0 Å². The van der Waals surface area contributed by atoms with Crippen molar-refractivity contribution >= 4 is 17.5 Å². The number of aryl methyl sites for hydroxylation is 2. The maximum Gasteiger partial charge on any atom is 0.255 e. The predicted molar refractivity (Wildman–Crippen MR) is 101 cm³/mol. The summed E-state index contributed by atoms with van der Waals surface area (Å²) < 4.78 is 0. The molecule has 0 fully saturated rings. The summed E-state index contributed by atoms with van der Waals surface area (Å²) in [7, 11) is 3.91. The van der Waals surface area contributed by atoms with Crippen LogP contribution in [-0.2, 0) is 0 Å². The van der Waals surface area contributed by atoms with Crippen molar-refractivity contribution in [1.82, 2.24) is 10.2 Å². The molecule has 5 nitrogen and oxygen atoms in total. The molecule has 0 radical (unpaired) electrons. The number of nitrogens with zero attached hydrogens (tertiary/aromatic N) is 1. The van der Waals surface area contributed by atoms with Gasteiger partial charge >= 0.3 is 0 Å². The van der Waals surface area contributed by atoms with Crippen LogP contribution in [0.4, 0.5) is 5.69 Å². The zero-order chi connectivity index (χ0) is 18.4. The van der Waals surface area contributed by atoms with Crippen molar-refractivity contribution in [3.63, 3.8) is 0 Å². The van der Waals surface area contributed by atoms with E-state index in [-0.39, 0.29) is 11.8 Å². The highest BCUT2D eigenvalue weighted by atomic mass is 16.2. The van der Waals surface area contributed by atoms with Crippen LogP contribution in [0.1, 0.15) is 31.8 Å². The van der Waals surface area contributed by atoms with Gasteiger partial charge in [0.1, 0.15) is 0 Å². The van der Waals surface area contributed by atoms with Crippen LogP contribution in [0.3, 0.4) is 0 Å². The number of hydrogen-bond donors (Lipinski definition) is 2. The van der Waals surface area contributed by atoms with Gasteiger partial charge in [-0.15, -0.1) is 0 Å². The van der Waals surface area contributed by atoms with Crippen molar-refractivity contribution in [3.8, 4) is 0 Å². The summed E-state index contributed by atoms with van der Waals surface area (Å²) in [5.74, 6) is -0.326. The molecule has 2 aromatic carbocycles. The lowest BCUT2D eigenvalue weighted by Gasteiger charge is -2.11. The average molecular weight is 339 g/mol. The molecule has 2 rings (SSSR count). The maximum absolute atomic E-state index is 12.3. The normalized spacial score (nSPS) is 10.6. The van der Waals surface area contributed by atoms with Crippen molar-refractivity contribution < 1.29 is 9.59 Å². The number of rotatable bonds is 6. The Kier molecular flexibility index (Phi) is 6.31. The topological polar surface area (TPSA) is 61.4 Å². The molecule has 25 heavy (non-hydrogen) atoms. The second-order valence-corrected chi connectivity index (χ2v) is 6.47. The van der Waals surface area contributed by atoms with Gasteiger partial charge in [-0.2, -0.15) is 0 Å². The van der Waals surface area contributed by atoms with Crippen molar-refractivity contribution in [1.29, 1.82) is 0 Å². The Balaban J connectivity index is 1.98. The first-order chi connectivity index (χ1) is 11.8. The number of carbonyl (C=O) groups excluding carboxylic acids is 2. The summed E-state index contributed by atoms with van der Waals surface area (Å²) >= 11 is 0. The number of amides is 2. The van der Waals surface area contributed by atoms with Gasteiger partial charge in [0.05, 0.1) is 0 Å². The Morgan fingerprint density at radius 3 is 1.92 bits per heavy atom. The average Bonchev–Trinajstić information content (AvgIpc) is 2.53. The molecule has 0 heterocycles. The third-order valence-electron chi connectivity index (χ3n) is 3.73. The molecule has 0 atom stereocenters. The fourth-order valence-corrected chi connectivity index (χ4v) is 2.52. The molecule has 5 heteroatoms. The van der Waals surface area contributed by atoms with E-state index in [9.17, 15) is 9.59 Å². The Morgan fingerprint density at radius 1 is 0.880 bits per heavy atom. The Morgan fingerprint density at radius 2 is 1.40 bits per heavy atom. The molecule has 2 amide bonds. The summed E-state index contributed by atoms with van der Waals surface area (Å²) in [5, 5.41) is 5.74. The molecular formula is C20H25N3O2. The fraction of sp³-hybridized carbons (Fsp3) is 0.300. The molecule has 0 saturated carbocycles. The van der Waals surface area contributed by atoms with E-state index in [4.69, 9.17) is 0 Å². The first kappa shape index (κ1) is 18.7. The summed E-state index contributed by atoms with van der Waals surface area (Å²) in [5.41, 5.74) is 4.03. The zero-order valence-electron chi connectivity index (χ0n) is 15.2. The minimum atomic E-state index is -0.190. The first-order valence-corrected chi connectivity index (χ1v) is 8.28. The maximum atomic E-state index is 12.3. The highest BCUT2D eigenvalue weighted by Gasteiger charge is 2.09. The van der Waals surface area contributed by atoms with Gasteiger partial charge in [-0.3, -0.25) is 9.59 Å². The van der Waals surface area contributed by atoms with Crippen LogP contribution in [0, 0.1) is 13.8 Å². The highest BCUT2D eigenvalue weighted by molar-refractivity contribution is 6.05. The standard InChI is InChI=1S/C20H25N3O2/c1-14-11-15(2)13-18(12-14)22-20(25)17-7-5-16(6-8-17)19(24)21-9-10-23(3)4/h5-8,11-13H,9-10H2,1-4H3,(H,21,24)(H,22,25). The van der Waals surface area contributed by atoms with Crippen LogP contribution < -0.4 is 10.6 Å². The first-order valence-electron chi connectivity index (χ1n) is 8.28. The summed E-state index contributed by atoms with van der Waals surface area (Å²) in [4.78, 5) is 26.4. The second kappa shape index (κ2) is 8.44. The molecular weight excluding hydrogens is 314 g/mol. The van der Waals surface area contributed by atoms with Crippen LogP contribution >= 0.6 is 0 Å². The van der Waals surface area contributed by atoms with Crippen molar-refractivity contribution in [2.45, 2.75) is 13.8 Å². The Bertz CT molecular complexity index is 732. The van der Waals surface area contributed by atoms with E-state index in [0.29, 0.717) is 17.7 Å². The molecule has 132 valence electrons. The smallest absolute Gasteiger partial charge is 0.255 e. The minimum Gasteiger partial charge on any atom is -0.351 e. The van der Waals surface area contributed by atoms with Gasteiger partial charge in [0.25, 0.3) is 11.8 Å². The number of benzene rings is 2. The van der Waals surface area contributed by atoms with Crippen molar-refractivity contribution in [2.24, 2.45) is 0 Å². The molecule has 2 N–H and O–H groups in total. The molecule has 2 aromatic rings. The van der Waals surface area contributed by atoms with Crippen LogP contribution in [0.2, 0.25) is 0 Å². The van der Waals surface area contributed by atoms with Crippen LogP contribution in [0.25, 0.3) is 0 Å². The van der Waals surface area contributed by atoms with Crippen LogP contribution in [-0.4, -0.2) is 43.9 Å². The van der Waals surface area contributed by atoms with Gasteiger partial charge in [-0.05, 0) is 75.5 Å². The molecule has 0 spiro atoms. The van der Waals surface area contributed by atoms with E-state index in [1.165, 1.54) is 0 Å². The fourth-order valence-electron chi connectivity index (χ4n) is 2.52. The van der Waals surface area contributed by atoms with Crippen LogP contribution in [0.15, 0.2) is 42.5 Å². The van der Waals surface area contributed by atoms with Gasteiger partial charge in [0, 0.05) is 29.9 Å². The summed E-state index contributed by atoms with van der Waals surface area (Å²) in [6.45, 7) is 5.35. The van der Waals surface area contributed by atoms with E-state index in [0.717, 1.165) is 23.4 Å². The Hall–Kier alpha value is -2.66.